The summed E-state index contributed by atoms with van der Waals surface area (Å²) in [4.78, 5) is 27.1. The van der Waals surface area contributed by atoms with E-state index in [2.05, 4.69) is 10.3 Å². The van der Waals surface area contributed by atoms with Gasteiger partial charge in [0.2, 0.25) is 0 Å². The van der Waals surface area contributed by atoms with E-state index >= 15 is 0 Å². The number of carbonyl (C=O) groups is 2. The maximum atomic E-state index is 11.0. The molecule has 64 valence electrons. The van der Waals surface area contributed by atoms with Crippen LogP contribution in [0.2, 0.25) is 0 Å². The van der Waals surface area contributed by atoms with E-state index in [1.54, 1.807) is 19.0 Å². The van der Waals surface area contributed by atoms with Crippen LogP contribution in [0, 0.1) is 0 Å². The number of rotatable bonds is 1. The molecule has 5 heteroatoms. The van der Waals surface area contributed by atoms with Crippen LogP contribution in [0.15, 0.2) is 16.8 Å². The van der Waals surface area contributed by atoms with E-state index in [-0.39, 0.29) is 5.57 Å². The zero-order valence-corrected chi connectivity index (χ0v) is 6.87. The van der Waals surface area contributed by atoms with Gasteiger partial charge < -0.3 is 10.2 Å². The average Bonchev–Trinajstić information content (AvgIpc) is 1.97. The molecule has 0 aromatic carbocycles. The number of amides is 2. The Kier molecular flexibility index (Phi) is 2.23. The molecule has 1 rings (SSSR count). The summed E-state index contributed by atoms with van der Waals surface area (Å²) < 4.78 is 0. The molecule has 2 amide bonds. The molecule has 1 N–H and O–H groups in total. The molecular weight excluding hydrogens is 158 g/mol. The van der Waals surface area contributed by atoms with E-state index < -0.39 is 11.8 Å². The lowest BCUT2D eigenvalue weighted by Crippen LogP contribution is -2.32. The summed E-state index contributed by atoms with van der Waals surface area (Å²) in [6.07, 6.45) is 2.53. The first-order chi connectivity index (χ1) is 5.61. The molecule has 0 atom stereocenters. The normalized spacial score (nSPS) is 19.7. The van der Waals surface area contributed by atoms with Gasteiger partial charge in [-0.05, 0) is 0 Å². The Balaban J connectivity index is 2.94. The molecule has 0 saturated carbocycles. The summed E-state index contributed by atoms with van der Waals surface area (Å²) in [6, 6.07) is 0. The van der Waals surface area contributed by atoms with Crippen molar-refractivity contribution in [3.05, 3.63) is 11.8 Å². The monoisotopic (exact) mass is 167 g/mol. The first-order valence-electron chi connectivity index (χ1n) is 3.37. The molecule has 5 nitrogen and oxygen atoms in total. The van der Waals surface area contributed by atoms with Crippen molar-refractivity contribution < 1.29 is 9.59 Å². The van der Waals surface area contributed by atoms with Crippen molar-refractivity contribution in [3.63, 3.8) is 0 Å². The molecule has 0 fully saturated rings. The van der Waals surface area contributed by atoms with Gasteiger partial charge in [0.05, 0.1) is 6.34 Å². The number of nitrogens with zero attached hydrogens (tertiary/aromatic N) is 2. The predicted octanol–water partition coefficient (Wildman–Crippen LogP) is -0.883. The highest BCUT2D eigenvalue weighted by molar-refractivity contribution is 6.24. The Bertz CT molecular complexity index is 278. The largest absolute Gasteiger partial charge is 0.383 e. The summed E-state index contributed by atoms with van der Waals surface area (Å²) in [5.74, 6) is -0.920. The second-order valence-corrected chi connectivity index (χ2v) is 2.54. The highest BCUT2D eigenvalue weighted by atomic mass is 16.2. The summed E-state index contributed by atoms with van der Waals surface area (Å²) in [6.45, 7) is 0. The van der Waals surface area contributed by atoms with Gasteiger partial charge in [0.1, 0.15) is 5.57 Å². The van der Waals surface area contributed by atoms with Gasteiger partial charge in [-0.1, -0.05) is 0 Å². The zero-order valence-electron chi connectivity index (χ0n) is 6.87. The minimum absolute atomic E-state index is 0.0579. The van der Waals surface area contributed by atoms with E-state index in [0.717, 1.165) is 6.34 Å². The molecule has 1 aliphatic heterocycles. The van der Waals surface area contributed by atoms with Crippen LogP contribution in [0.4, 0.5) is 0 Å². The molecule has 0 unspecified atom stereocenters. The van der Waals surface area contributed by atoms with Gasteiger partial charge in [-0.3, -0.25) is 9.59 Å². The second kappa shape index (κ2) is 3.17. The van der Waals surface area contributed by atoms with Crippen LogP contribution < -0.4 is 5.32 Å². The minimum atomic E-state index is -0.507. The van der Waals surface area contributed by atoms with Crippen LogP contribution in [-0.4, -0.2) is 37.1 Å². The third kappa shape index (κ3) is 1.69. The predicted molar refractivity (Wildman–Crippen MR) is 43.4 cm³/mol. The van der Waals surface area contributed by atoms with Crippen LogP contribution in [0.1, 0.15) is 0 Å². The Morgan fingerprint density at radius 1 is 1.50 bits per heavy atom. The highest BCUT2D eigenvalue weighted by Crippen LogP contribution is 2.01. The lowest BCUT2D eigenvalue weighted by Gasteiger charge is -2.10. The third-order valence-electron chi connectivity index (χ3n) is 1.24. The Labute approximate surface area is 69.8 Å². The topological polar surface area (TPSA) is 61.8 Å². The second-order valence-electron chi connectivity index (χ2n) is 2.54. The number of nitrogens with one attached hydrogen (secondary N) is 1. The van der Waals surface area contributed by atoms with Crippen molar-refractivity contribution in [1.82, 2.24) is 10.2 Å². The molecule has 0 spiro atoms. The molecule has 0 aromatic heterocycles. The van der Waals surface area contributed by atoms with Gasteiger partial charge in [0.25, 0.3) is 11.8 Å². The minimum Gasteiger partial charge on any atom is -0.383 e. The van der Waals surface area contributed by atoms with Crippen molar-refractivity contribution in [2.75, 3.05) is 14.1 Å². The van der Waals surface area contributed by atoms with Crippen LogP contribution >= 0.6 is 0 Å². The zero-order chi connectivity index (χ0) is 9.14. The van der Waals surface area contributed by atoms with Crippen LogP contribution in [0.25, 0.3) is 0 Å². The van der Waals surface area contributed by atoms with E-state index in [0.29, 0.717) is 0 Å². The first kappa shape index (κ1) is 8.45. The van der Waals surface area contributed by atoms with Crippen molar-refractivity contribution in [2.24, 2.45) is 4.99 Å². The molecule has 1 aliphatic rings. The van der Waals surface area contributed by atoms with Crippen LogP contribution in [0.3, 0.4) is 0 Å². The lowest BCUT2D eigenvalue weighted by atomic mass is 10.2. The number of aliphatic imine (C=N–C) groups is 1. The first-order valence-corrected chi connectivity index (χ1v) is 3.37. The molecule has 0 saturated heterocycles. The highest BCUT2D eigenvalue weighted by Gasteiger charge is 2.20. The molecule has 0 radical (unpaired) electrons. The van der Waals surface area contributed by atoms with E-state index in [1.165, 1.54) is 6.20 Å². The van der Waals surface area contributed by atoms with Gasteiger partial charge in [-0.15, -0.1) is 0 Å². The lowest BCUT2D eigenvalue weighted by molar-refractivity contribution is -0.122. The van der Waals surface area contributed by atoms with Crippen molar-refractivity contribution in [2.45, 2.75) is 0 Å². The average molecular weight is 167 g/mol. The van der Waals surface area contributed by atoms with Crippen molar-refractivity contribution >= 4 is 18.2 Å². The van der Waals surface area contributed by atoms with Gasteiger partial charge in [0, 0.05) is 20.3 Å². The SMILES string of the molecule is CN(C)C=C1C(=O)N=CNC1=O. The Morgan fingerprint density at radius 2 is 2.17 bits per heavy atom. The molecule has 0 aromatic rings. The van der Waals surface area contributed by atoms with Crippen molar-refractivity contribution in [3.8, 4) is 0 Å². The fraction of sp³-hybridized carbons (Fsp3) is 0.286. The molecule has 12 heavy (non-hydrogen) atoms. The number of hydrogen-bond acceptors (Lipinski definition) is 3. The molecule has 0 bridgehead atoms. The fourth-order valence-electron chi connectivity index (χ4n) is 0.766. The molecular formula is C7H9N3O2. The van der Waals surface area contributed by atoms with Gasteiger partial charge in [0.15, 0.2) is 0 Å². The third-order valence-corrected chi connectivity index (χ3v) is 1.24. The van der Waals surface area contributed by atoms with E-state index in [1.807, 2.05) is 0 Å². The van der Waals surface area contributed by atoms with E-state index in [9.17, 15) is 9.59 Å². The Morgan fingerprint density at radius 3 is 2.67 bits per heavy atom. The van der Waals surface area contributed by atoms with Crippen molar-refractivity contribution in [1.29, 1.82) is 0 Å². The van der Waals surface area contributed by atoms with Gasteiger partial charge in [-0.25, -0.2) is 0 Å². The summed E-state index contributed by atoms with van der Waals surface area (Å²) in [5.41, 5.74) is 0.0579. The summed E-state index contributed by atoms with van der Waals surface area (Å²) in [7, 11) is 3.46. The molecule has 1 heterocycles. The van der Waals surface area contributed by atoms with Gasteiger partial charge in [-0.2, -0.15) is 4.99 Å². The summed E-state index contributed by atoms with van der Waals surface area (Å²) in [5, 5.41) is 2.32. The van der Waals surface area contributed by atoms with Crippen LogP contribution in [0.5, 0.6) is 0 Å². The fourth-order valence-corrected chi connectivity index (χ4v) is 0.766. The van der Waals surface area contributed by atoms with Crippen LogP contribution in [-0.2, 0) is 9.59 Å². The quantitative estimate of drug-likeness (QED) is 0.407. The standard InChI is InChI=1S/C7H9N3O2/c1-10(2)3-5-6(11)8-4-9-7(5)12/h3-4H,1-2H3,(H,8,9,11,12). The summed E-state index contributed by atoms with van der Waals surface area (Å²) >= 11 is 0. The molecule has 0 aliphatic carbocycles. The Hall–Kier alpha value is -1.65. The number of carbonyl (C=O) groups excluding carboxylic acids is 2. The smallest absolute Gasteiger partial charge is 0.285 e. The number of hydrogen-bond donors (Lipinski definition) is 1. The maximum absolute atomic E-state index is 11.0. The van der Waals surface area contributed by atoms with Gasteiger partial charge >= 0.3 is 0 Å². The maximum Gasteiger partial charge on any atom is 0.285 e. The van der Waals surface area contributed by atoms with E-state index in [4.69, 9.17) is 0 Å².